The predicted molar refractivity (Wildman–Crippen MR) is 188 cm³/mol. The number of halogens is 2. The minimum atomic E-state index is 0.311. The Balaban J connectivity index is 1.24. The molecule has 7 rings (SSSR count). The van der Waals surface area contributed by atoms with E-state index in [0.717, 1.165) is 39.2 Å². The highest BCUT2D eigenvalue weighted by molar-refractivity contribution is 6.33. The maximum absolute atomic E-state index is 9.38. The van der Waals surface area contributed by atoms with Gasteiger partial charge in [-0.05, 0) is 77.4 Å². The van der Waals surface area contributed by atoms with Crippen molar-refractivity contribution in [1.29, 1.82) is 5.26 Å². The molecule has 3 heterocycles. The summed E-state index contributed by atoms with van der Waals surface area (Å²) in [6.07, 6.45) is 1.82. The molecule has 0 amide bonds. The first-order valence-corrected chi connectivity index (χ1v) is 15.9. The number of methoxy groups -OCH3 is 2. The number of pyridine rings is 1. The standard InChI is InChI=1S/C36H28Cl2N8O3/c1-47-27-7-3-22(4-8-27)18-40-33-15-25(30-19-41-46(36(30)42-33)20-23-5-9-28(48-2)10-6-23)21-45-32-12-11-31(38)35(34(32)43-44-45)49-29-14-24(17-39)13-26(37)16-29/h3-16,19H,18,20-21H2,1-2H3,(H,40,42). The van der Waals surface area contributed by atoms with Gasteiger partial charge in [0, 0.05) is 17.0 Å². The van der Waals surface area contributed by atoms with E-state index in [1.54, 1.807) is 43.2 Å². The molecule has 7 aromatic rings. The Kier molecular flexibility index (Phi) is 8.89. The zero-order valence-corrected chi connectivity index (χ0v) is 27.9. The average Bonchev–Trinajstić information content (AvgIpc) is 3.72. The third kappa shape index (κ3) is 6.78. The van der Waals surface area contributed by atoms with Crippen molar-refractivity contribution in [3.8, 4) is 29.1 Å². The topological polar surface area (TPSA) is 125 Å². The lowest BCUT2D eigenvalue weighted by Crippen LogP contribution is -2.08. The van der Waals surface area contributed by atoms with Crippen molar-refractivity contribution in [2.45, 2.75) is 19.6 Å². The van der Waals surface area contributed by atoms with Crippen molar-refractivity contribution >= 4 is 51.1 Å². The lowest BCUT2D eigenvalue weighted by molar-refractivity contribution is 0.414. The summed E-state index contributed by atoms with van der Waals surface area (Å²) in [5.41, 5.74) is 5.30. The van der Waals surface area contributed by atoms with Crippen LogP contribution in [0.1, 0.15) is 22.3 Å². The summed E-state index contributed by atoms with van der Waals surface area (Å²) in [5.74, 6) is 2.93. The molecule has 244 valence electrons. The third-order valence-corrected chi connectivity index (χ3v) is 8.47. The third-order valence-electron chi connectivity index (χ3n) is 7.95. The van der Waals surface area contributed by atoms with Crippen LogP contribution in [0.3, 0.4) is 0 Å². The Bertz CT molecular complexity index is 2330. The molecule has 11 nitrogen and oxygen atoms in total. The van der Waals surface area contributed by atoms with Gasteiger partial charge in [-0.2, -0.15) is 10.4 Å². The number of hydrogen-bond acceptors (Lipinski definition) is 9. The van der Waals surface area contributed by atoms with E-state index >= 15 is 0 Å². The lowest BCUT2D eigenvalue weighted by Gasteiger charge is -2.12. The molecule has 0 fully saturated rings. The Morgan fingerprint density at radius 1 is 0.816 bits per heavy atom. The molecule has 13 heteroatoms. The van der Waals surface area contributed by atoms with Crippen molar-refractivity contribution < 1.29 is 14.2 Å². The summed E-state index contributed by atoms with van der Waals surface area (Å²) in [7, 11) is 3.29. The number of benzene rings is 4. The van der Waals surface area contributed by atoms with Crippen LogP contribution >= 0.6 is 23.2 Å². The molecular weight excluding hydrogens is 663 g/mol. The molecule has 1 N–H and O–H groups in total. The number of nitrogens with zero attached hydrogens (tertiary/aromatic N) is 7. The zero-order valence-electron chi connectivity index (χ0n) is 26.4. The summed E-state index contributed by atoms with van der Waals surface area (Å²) in [6.45, 7) is 1.43. The molecular formula is C36H28Cl2N8O3. The van der Waals surface area contributed by atoms with E-state index < -0.39 is 0 Å². The summed E-state index contributed by atoms with van der Waals surface area (Å²) in [5, 5.41) is 28.1. The lowest BCUT2D eigenvalue weighted by atomic mass is 10.1. The fraction of sp³-hybridized carbons (Fsp3) is 0.139. The summed E-state index contributed by atoms with van der Waals surface area (Å²) in [4.78, 5) is 4.98. The molecule has 0 aliphatic heterocycles. The minimum absolute atomic E-state index is 0.311. The van der Waals surface area contributed by atoms with Crippen LogP contribution in [0.25, 0.3) is 22.1 Å². The molecule has 0 radical (unpaired) electrons. The van der Waals surface area contributed by atoms with E-state index in [2.05, 4.69) is 21.7 Å². The van der Waals surface area contributed by atoms with E-state index in [9.17, 15) is 5.26 Å². The number of rotatable bonds is 11. The number of aromatic nitrogens is 6. The molecule has 4 aromatic carbocycles. The van der Waals surface area contributed by atoms with Crippen LogP contribution in [0.15, 0.2) is 91.1 Å². The molecule has 0 aliphatic rings. The highest BCUT2D eigenvalue weighted by Crippen LogP contribution is 2.37. The summed E-state index contributed by atoms with van der Waals surface area (Å²) >= 11 is 12.8. The van der Waals surface area contributed by atoms with Crippen LogP contribution in [-0.4, -0.2) is 44.0 Å². The van der Waals surface area contributed by atoms with Crippen molar-refractivity contribution in [1.82, 2.24) is 29.8 Å². The smallest absolute Gasteiger partial charge is 0.175 e. The average molecular weight is 692 g/mol. The predicted octanol–water partition coefficient (Wildman–Crippen LogP) is 7.87. The number of fused-ring (bicyclic) bond motifs is 2. The van der Waals surface area contributed by atoms with Crippen LogP contribution in [-0.2, 0) is 19.6 Å². The van der Waals surface area contributed by atoms with Gasteiger partial charge in [-0.15, -0.1) is 5.10 Å². The van der Waals surface area contributed by atoms with Crippen molar-refractivity contribution in [2.24, 2.45) is 0 Å². The van der Waals surface area contributed by atoms with Crippen LogP contribution in [0.2, 0.25) is 10.0 Å². The first-order valence-electron chi connectivity index (χ1n) is 15.2. The SMILES string of the molecule is COc1ccc(CNc2cc(Cn3nnc4c(Oc5cc(Cl)cc(C#N)c5)c(Cl)ccc43)c3cnn(Cc4ccc(OC)cc4)c3n2)cc1. The Morgan fingerprint density at radius 2 is 1.55 bits per heavy atom. The molecule has 0 atom stereocenters. The second-order valence-electron chi connectivity index (χ2n) is 11.1. The van der Waals surface area contributed by atoms with Crippen molar-refractivity contribution in [3.63, 3.8) is 0 Å². The van der Waals surface area contributed by atoms with E-state index in [1.165, 1.54) is 0 Å². The largest absolute Gasteiger partial charge is 0.497 e. The van der Waals surface area contributed by atoms with Gasteiger partial charge in [0.1, 0.15) is 23.1 Å². The van der Waals surface area contributed by atoms with E-state index in [1.807, 2.05) is 71.5 Å². The summed E-state index contributed by atoms with van der Waals surface area (Å²) in [6, 6.07) is 28.2. The maximum atomic E-state index is 9.38. The first-order chi connectivity index (χ1) is 23.9. The number of ether oxygens (including phenoxy) is 3. The molecule has 0 aliphatic carbocycles. The van der Waals surface area contributed by atoms with Crippen molar-refractivity contribution in [2.75, 3.05) is 19.5 Å². The van der Waals surface area contributed by atoms with Gasteiger partial charge in [-0.25, -0.2) is 14.3 Å². The second-order valence-corrected chi connectivity index (χ2v) is 12.0. The van der Waals surface area contributed by atoms with E-state index in [4.69, 9.17) is 47.5 Å². The number of nitriles is 1. The normalized spacial score (nSPS) is 11.1. The molecule has 0 unspecified atom stereocenters. The second kappa shape index (κ2) is 13.7. The molecule has 0 saturated carbocycles. The Labute approximate surface area is 291 Å². The number of anilines is 1. The first kappa shape index (κ1) is 31.8. The van der Waals surface area contributed by atoms with Crippen LogP contribution in [0, 0.1) is 11.3 Å². The highest BCUT2D eigenvalue weighted by atomic mass is 35.5. The van der Waals surface area contributed by atoms with Gasteiger partial charge in [0.15, 0.2) is 16.9 Å². The Morgan fingerprint density at radius 3 is 2.27 bits per heavy atom. The zero-order chi connectivity index (χ0) is 33.9. The van der Waals surface area contributed by atoms with Gasteiger partial charge in [-0.1, -0.05) is 52.7 Å². The summed E-state index contributed by atoms with van der Waals surface area (Å²) < 4.78 is 20.4. The Hall–Kier alpha value is -5.83. The van der Waals surface area contributed by atoms with Gasteiger partial charge in [0.2, 0.25) is 0 Å². The van der Waals surface area contributed by atoms with Crippen LogP contribution in [0.5, 0.6) is 23.0 Å². The van der Waals surface area contributed by atoms with Gasteiger partial charge in [0.25, 0.3) is 0 Å². The highest BCUT2D eigenvalue weighted by Gasteiger charge is 2.18. The molecule has 0 saturated heterocycles. The number of hydrogen-bond donors (Lipinski definition) is 1. The maximum Gasteiger partial charge on any atom is 0.175 e. The van der Waals surface area contributed by atoms with Gasteiger partial charge in [0.05, 0.1) is 55.7 Å². The fourth-order valence-electron chi connectivity index (χ4n) is 5.46. The van der Waals surface area contributed by atoms with Crippen LogP contribution < -0.4 is 19.5 Å². The monoisotopic (exact) mass is 690 g/mol. The van der Waals surface area contributed by atoms with E-state index in [0.29, 0.717) is 63.6 Å². The van der Waals surface area contributed by atoms with E-state index in [-0.39, 0.29) is 0 Å². The van der Waals surface area contributed by atoms with Gasteiger partial charge >= 0.3 is 0 Å². The van der Waals surface area contributed by atoms with Crippen molar-refractivity contribution in [3.05, 3.63) is 123 Å². The molecule has 0 bridgehead atoms. The van der Waals surface area contributed by atoms with Gasteiger partial charge in [-0.3, -0.25) is 0 Å². The molecule has 3 aromatic heterocycles. The number of nitrogens with one attached hydrogen (secondary N) is 1. The van der Waals surface area contributed by atoms with Gasteiger partial charge < -0.3 is 19.5 Å². The fourth-order valence-corrected chi connectivity index (χ4v) is 5.87. The molecule has 49 heavy (non-hydrogen) atoms. The van der Waals surface area contributed by atoms with Crippen LogP contribution in [0.4, 0.5) is 5.82 Å². The quantitative estimate of drug-likeness (QED) is 0.144. The minimum Gasteiger partial charge on any atom is -0.497 e. The molecule has 0 spiro atoms.